The van der Waals surface area contributed by atoms with Crippen molar-refractivity contribution in [1.82, 2.24) is 10.3 Å². The van der Waals surface area contributed by atoms with Crippen molar-refractivity contribution in [1.29, 1.82) is 0 Å². The standard InChI is InChI=1S/C12H14N2O2/c1-13-8-11-10(5-6-16-11)9-3-4-12(15-2)14-7-9/h3-7,13H,8H2,1-2H3. The van der Waals surface area contributed by atoms with Gasteiger partial charge in [0.15, 0.2) is 0 Å². The summed E-state index contributed by atoms with van der Waals surface area (Å²) >= 11 is 0. The summed E-state index contributed by atoms with van der Waals surface area (Å²) in [6.45, 7) is 0.703. The highest BCUT2D eigenvalue weighted by atomic mass is 16.5. The SMILES string of the molecule is CNCc1occc1-c1ccc(OC)nc1. The number of nitrogens with zero attached hydrogens (tertiary/aromatic N) is 1. The summed E-state index contributed by atoms with van der Waals surface area (Å²) < 4.78 is 10.4. The summed E-state index contributed by atoms with van der Waals surface area (Å²) in [7, 11) is 3.49. The van der Waals surface area contributed by atoms with Crippen LogP contribution in [0.1, 0.15) is 5.76 Å². The van der Waals surface area contributed by atoms with Gasteiger partial charge in [0.1, 0.15) is 5.76 Å². The average molecular weight is 218 g/mol. The maximum atomic E-state index is 5.39. The normalized spacial score (nSPS) is 10.4. The van der Waals surface area contributed by atoms with E-state index in [9.17, 15) is 0 Å². The van der Waals surface area contributed by atoms with Gasteiger partial charge in [-0.3, -0.25) is 0 Å². The van der Waals surface area contributed by atoms with Crippen molar-refractivity contribution in [2.75, 3.05) is 14.2 Å². The molecule has 16 heavy (non-hydrogen) atoms. The summed E-state index contributed by atoms with van der Waals surface area (Å²) in [5, 5.41) is 3.06. The Labute approximate surface area is 94.3 Å². The number of ether oxygens (including phenoxy) is 1. The summed E-state index contributed by atoms with van der Waals surface area (Å²) in [6, 6.07) is 5.75. The number of rotatable bonds is 4. The van der Waals surface area contributed by atoms with Crippen molar-refractivity contribution in [3.63, 3.8) is 0 Å². The molecule has 4 heteroatoms. The second kappa shape index (κ2) is 4.81. The fourth-order valence-electron chi connectivity index (χ4n) is 1.56. The first-order valence-electron chi connectivity index (χ1n) is 5.06. The van der Waals surface area contributed by atoms with Crippen LogP contribution in [0, 0.1) is 0 Å². The van der Waals surface area contributed by atoms with E-state index < -0.39 is 0 Å². The lowest BCUT2D eigenvalue weighted by Crippen LogP contribution is -2.04. The minimum atomic E-state index is 0.613. The van der Waals surface area contributed by atoms with Crippen molar-refractivity contribution in [2.45, 2.75) is 6.54 Å². The number of methoxy groups -OCH3 is 1. The van der Waals surface area contributed by atoms with Gasteiger partial charge in [-0.25, -0.2) is 4.98 Å². The van der Waals surface area contributed by atoms with Gasteiger partial charge in [0.2, 0.25) is 5.88 Å². The molecular weight excluding hydrogens is 204 g/mol. The molecular formula is C12H14N2O2. The molecule has 0 radical (unpaired) electrons. The molecule has 0 aliphatic heterocycles. The maximum Gasteiger partial charge on any atom is 0.212 e. The molecule has 2 rings (SSSR count). The molecule has 0 fully saturated rings. The lowest BCUT2D eigenvalue weighted by atomic mass is 10.1. The summed E-state index contributed by atoms with van der Waals surface area (Å²) in [4.78, 5) is 4.17. The Bertz CT molecular complexity index is 448. The van der Waals surface area contributed by atoms with Gasteiger partial charge in [-0.15, -0.1) is 0 Å². The third-order valence-electron chi connectivity index (χ3n) is 2.34. The summed E-state index contributed by atoms with van der Waals surface area (Å²) in [5.41, 5.74) is 2.09. The van der Waals surface area contributed by atoms with Crippen molar-refractivity contribution in [3.8, 4) is 17.0 Å². The van der Waals surface area contributed by atoms with Crippen LogP contribution in [0.3, 0.4) is 0 Å². The Balaban J connectivity index is 2.31. The third-order valence-corrected chi connectivity index (χ3v) is 2.34. The number of hydrogen-bond donors (Lipinski definition) is 1. The van der Waals surface area contributed by atoms with Crippen LogP contribution in [0.4, 0.5) is 0 Å². The van der Waals surface area contributed by atoms with Gasteiger partial charge in [-0.2, -0.15) is 0 Å². The quantitative estimate of drug-likeness (QED) is 0.853. The highest BCUT2D eigenvalue weighted by Gasteiger charge is 2.08. The summed E-state index contributed by atoms with van der Waals surface area (Å²) in [5.74, 6) is 1.52. The van der Waals surface area contributed by atoms with Crippen LogP contribution in [0.5, 0.6) is 5.88 Å². The average Bonchev–Trinajstić information content (AvgIpc) is 2.78. The Morgan fingerprint density at radius 3 is 2.88 bits per heavy atom. The molecule has 0 aromatic carbocycles. The third kappa shape index (κ3) is 2.06. The number of aromatic nitrogens is 1. The van der Waals surface area contributed by atoms with Crippen LogP contribution in [-0.2, 0) is 6.54 Å². The van der Waals surface area contributed by atoms with Gasteiger partial charge in [0.25, 0.3) is 0 Å². The molecule has 0 atom stereocenters. The van der Waals surface area contributed by atoms with E-state index in [0.717, 1.165) is 16.9 Å². The molecule has 0 spiro atoms. The fraction of sp³-hybridized carbons (Fsp3) is 0.250. The Kier molecular flexibility index (Phi) is 3.22. The topological polar surface area (TPSA) is 47.3 Å². The highest BCUT2D eigenvalue weighted by Crippen LogP contribution is 2.25. The first-order valence-corrected chi connectivity index (χ1v) is 5.06. The zero-order valence-electron chi connectivity index (χ0n) is 9.36. The van der Waals surface area contributed by atoms with Crippen LogP contribution >= 0.6 is 0 Å². The lowest BCUT2D eigenvalue weighted by Gasteiger charge is -2.03. The van der Waals surface area contributed by atoms with Crippen molar-refractivity contribution >= 4 is 0 Å². The molecule has 2 aromatic rings. The van der Waals surface area contributed by atoms with Crippen LogP contribution in [0.2, 0.25) is 0 Å². The maximum absolute atomic E-state index is 5.39. The molecule has 0 saturated heterocycles. The second-order valence-corrected chi connectivity index (χ2v) is 3.38. The van der Waals surface area contributed by atoms with Crippen LogP contribution in [0.25, 0.3) is 11.1 Å². The Morgan fingerprint density at radius 2 is 2.25 bits per heavy atom. The zero-order chi connectivity index (χ0) is 11.4. The molecule has 0 bridgehead atoms. The number of hydrogen-bond acceptors (Lipinski definition) is 4. The molecule has 2 heterocycles. The van der Waals surface area contributed by atoms with Crippen molar-refractivity contribution in [2.24, 2.45) is 0 Å². The lowest BCUT2D eigenvalue weighted by molar-refractivity contribution is 0.398. The molecule has 2 aromatic heterocycles. The zero-order valence-corrected chi connectivity index (χ0v) is 9.36. The largest absolute Gasteiger partial charge is 0.481 e. The first-order chi connectivity index (χ1) is 7.85. The minimum Gasteiger partial charge on any atom is -0.481 e. The molecule has 84 valence electrons. The Hall–Kier alpha value is -1.81. The van der Waals surface area contributed by atoms with Crippen molar-refractivity contribution in [3.05, 3.63) is 36.4 Å². The molecule has 0 aliphatic rings. The van der Waals surface area contributed by atoms with E-state index in [1.165, 1.54) is 0 Å². The predicted octanol–water partition coefficient (Wildman–Crippen LogP) is 2.07. The predicted molar refractivity (Wildman–Crippen MR) is 61.3 cm³/mol. The molecule has 0 amide bonds. The van der Waals surface area contributed by atoms with Gasteiger partial charge in [-0.1, -0.05) is 0 Å². The van der Waals surface area contributed by atoms with E-state index in [-0.39, 0.29) is 0 Å². The molecule has 0 unspecified atom stereocenters. The van der Waals surface area contributed by atoms with Gasteiger partial charge in [-0.05, 0) is 19.2 Å². The van der Waals surface area contributed by atoms with Crippen LogP contribution < -0.4 is 10.1 Å². The molecule has 0 aliphatic carbocycles. The number of pyridine rings is 1. The highest BCUT2D eigenvalue weighted by molar-refractivity contribution is 5.64. The van der Waals surface area contributed by atoms with E-state index in [1.54, 1.807) is 19.6 Å². The van der Waals surface area contributed by atoms with Gasteiger partial charge >= 0.3 is 0 Å². The second-order valence-electron chi connectivity index (χ2n) is 3.38. The van der Waals surface area contributed by atoms with E-state index in [0.29, 0.717) is 12.4 Å². The Morgan fingerprint density at radius 1 is 1.38 bits per heavy atom. The van der Waals surface area contributed by atoms with E-state index in [4.69, 9.17) is 9.15 Å². The van der Waals surface area contributed by atoms with Crippen molar-refractivity contribution < 1.29 is 9.15 Å². The fourth-order valence-corrected chi connectivity index (χ4v) is 1.56. The van der Waals surface area contributed by atoms with Crippen LogP contribution in [-0.4, -0.2) is 19.1 Å². The van der Waals surface area contributed by atoms with Gasteiger partial charge in [0.05, 0.1) is 19.9 Å². The molecule has 1 N–H and O–H groups in total. The van der Waals surface area contributed by atoms with E-state index in [2.05, 4.69) is 10.3 Å². The first kappa shape index (κ1) is 10.7. The summed E-state index contributed by atoms with van der Waals surface area (Å²) in [6.07, 6.45) is 3.47. The van der Waals surface area contributed by atoms with E-state index >= 15 is 0 Å². The monoisotopic (exact) mass is 218 g/mol. The number of nitrogens with one attached hydrogen (secondary N) is 1. The van der Waals surface area contributed by atoms with Crippen LogP contribution in [0.15, 0.2) is 35.1 Å². The minimum absolute atomic E-state index is 0.613. The van der Waals surface area contributed by atoms with Gasteiger partial charge < -0.3 is 14.5 Å². The van der Waals surface area contributed by atoms with E-state index in [1.807, 2.05) is 25.2 Å². The smallest absolute Gasteiger partial charge is 0.212 e. The molecule has 4 nitrogen and oxygen atoms in total. The number of furan rings is 1. The molecule has 0 saturated carbocycles. The van der Waals surface area contributed by atoms with Gasteiger partial charge in [0, 0.05) is 23.4 Å².